The number of hydrogen-bond acceptors (Lipinski definition) is 3. The smallest absolute Gasteiger partial charge is 0.211 e. The zero-order valence-corrected chi connectivity index (χ0v) is 11.4. The molecule has 96 valence electrons. The van der Waals surface area contributed by atoms with Gasteiger partial charge in [0, 0.05) is 11.6 Å². The molecule has 0 aliphatic heterocycles. The summed E-state index contributed by atoms with van der Waals surface area (Å²) < 4.78 is 30.2. The number of methoxy groups -OCH3 is 1. The average molecular weight is 278 g/mol. The molecule has 0 fully saturated rings. The molecule has 0 heterocycles. The van der Waals surface area contributed by atoms with Crippen LogP contribution in [-0.4, -0.2) is 27.8 Å². The van der Waals surface area contributed by atoms with Crippen LogP contribution in [0.5, 0.6) is 5.75 Å². The maximum atomic E-state index is 11.2. The zero-order chi connectivity index (χ0) is 12.9. The Morgan fingerprint density at radius 3 is 2.71 bits per heavy atom. The fourth-order valence-electron chi connectivity index (χ4n) is 1.39. The first-order valence-electron chi connectivity index (χ1n) is 5.28. The number of ether oxygens (including phenoxy) is 1. The first-order valence-corrected chi connectivity index (χ1v) is 7.31. The maximum Gasteiger partial charge on any atom is 0.211 e. The van der Waals surface area contributed by atoms with Crippen molar-refractivity contribution < 1.29 is 13.2 Å². The number of rotatable bonds is 6. The lowest BCUT2D eigenvalue weighted by Crippen LogP contribution is -2.27. The molecule has 0 aliphatic rings. The van der Waals surface area contributed by atoms with Crippen LogP contribution in [0.3, 0.4) is 0 Å². The molecule has 0 atom stereocenters. The molecular formula is C11H16ClNO3S. The first kappa shape index (κ1) is 14.3. The molecule has 0 bridgehead atoms. The van der Waals surface area contributed by atoms with Crippen molar-refractivity contribution in [2.45, 2.75) is 13.3 Å². The third kappa shape index (κ3) is 4.53. The number of hydrogen-bond donors (Lipinski definition) is 1. The topological polar surface area (TPSA) is 55.4 Å². The lowest BCUT2D eigenvalue weighted by atomic mass is 10.1. The van der Waals surface area contributed by atoms with E-state index in [9.17, 15) is 8.42 Å². The SMILES string of the molecule is CCS(=O)(=O)NCCc1cc(Cl)ccc1OC. The summed E-state index contributed by atoms with van der Waals surface area (Å²) in [5, 5.41) is 0.610. The molecule has 1 aromatic carbocycles. The van der Waals surface area contributed by atoms with Crippen molar-refractivity contribution >= 4 is 21.6 Å². The summed E-state index contributed by atoms with van der Waals surface area (Å²) in [5.41, 5.74) is 0.888. The van der Waals surface area contributed by atoms with Crippen molar-refractivity contribution in [1.82, 2.24) is 4.72 Å². The van der Waals surface area contributed by atoms with E-state index in [0.29, 0.717) is 23.7 Å². The van der Waals surface area contributed by atoms with Gasteiger partial charge in [-0.3, -0.25) is 0 Å². The highest BCUT2D eigenvalue weighted by atomic mass is 35.5. The number of nitrogens with one attached hydrogen (secondary N) is 1. The molecular weight excluding hydrogens is 262 g/mol. The Labute approximate surface area is 107 Å². The largest absolute Gasteiger partial charge is 0.496 e. The molecule has 0 saturated carbocycles. The van der Waals surface area contributed by atoms with Gasteiger partial charge in [0.2, 0.25) is 10.0 Å². The van der Waals surface area contributed by atoms with Crippen LogP contribution in [0.1, 0.15) is 12.5 Å². The fourth-order valence-corrected chi connectivity index (χ4v) is 2.20. The van der Waals surface area contributed by atoms with E-state index in [-0.39, 0.29) is 5.75 Å². The lowest BCUT2D eigenvalue weighted by Gasteiger charge is -2.09. The fraction of sp³-hybridized carbons (Fsp3) is 0.455. The first-order chi connectivity index (χ1) is 7.98. The molecule has 0 aliphatic carbocycles. The maximum absolute atomic E-state index is 11.2. The highest BCUT2D eigenvalue weighted by Crippen LogP contribution is 2.22. The van der Waals surface area contributed by atoms with Crippen molar-refractivity contribution in [2.24, 2.45) is 0 Å². The Bertz CT molecular complexity index is 474. The number of sulfonamides is 1. The average Bonchev–Trinajstić information content (AvgIpc) is 2.29. The monoisotopic (exact) mass is 277 g/mol. The summed E-state index contributed by atoms with van der Waals surface area (Å²) in [7, 11) is -1.57. The van der Waals surface area contributed by atoms with Gasteiger partial charge >= 0.3 is 0 Å². The van der Waals surface area contributed by atoms with Crippen molar-refractivity contribution in [3.63, 3.8) is 0 Å². The van der Waals surface area contributed by atoms with E-state index in [2.05, 4.69) is 4.72 Å². The Morgan fingerprint density at radius 1 is 1.41 bits per heavy atom. The molecule has 1 rings (SSSR count). The molecule has 17 heavy (non-hydrogen) atoms. The van der Waals surface area contributed by atoms with Crippen LogP contribution in [0.25, 0.3) is 0 Å². The molecule has 0 amide bonds. The highest BCUT2D eigenvalue weighted by molar-refractivity contribution is 7.89. The normalized spacial score (nSPS) is 11.5. The summed E-state index contributed by atoms with van der Waals surface area (Å²) in [6.07, 6.45) is 0.545. The van der Waals surface area contributed by atoms with Crippen LogP contribution >= 0.6 is 11.6 Å². The van der Waals surface area contributed by atoms with E-state index < -0.39 is 10.0 Å². The van der Waals surface area contributed by atoms with E-state index in [1.165, 1.54) is 0 Å². The third-order valence-electron chi connectivity index (χ3n) is 2.34. The van der Waals surface area contributed by atoms with E-state index in [1.54, 1.807) is 32.2 Å². The Balaban J connectivity index is 2.66. The van der Waals surface area contributed by atoms with Gasteiger partial charge in [0.25, 0.3) is 0 Å². The number of halogens is 1. The molecule has 0 radical (unpaired) electrons. The Morgan fingerprint density at radius 2 is 2.12 bits per heavy atom. The van der Waals surface area contributed by atoms with Gasteiger partial charge in [-0.15, -0.1) is 0 Å². The van der Waals surface area contributed by atoms with Crippen LogP contribution in [0.2, 0.25) is 5.02 Å². The van der Waals surface area contributed by atoms with Crippen molar-refractivity contribution in [3.05, 3.63) is 28.8 Å². The van der Waals surface area contributed by atoms with Gasteiger partial charge in [-0.2, -0.15) is 0 Å². The predicted molar refractivity (Wildman–Crippen MR) is 69.2 cm³/mol. The lowest BCUT2D eigenvalue weighted by molar-refractivity contribution is 0.409. The molecule has 6 heteroatoms. The minimum atomic E-state index is -3.14. The molecule has 1 aromatic rings. The summed E-state index contributed by atoms with van der Waals surface area (Å²) >= 11 is 5.88. The molecule has 0 aromatic heterocycles. The van der Waals surface area contributed by atoms with Crippen molar-refractivity contribution in [1.29, 1.82) is 0 Å². The van der Waals surface area contributed by atoms with E-state index in [1.807, 2.05) is 0 Å². The Hall–Kier alpha value is -0.780. The van der Waals surface area contributed by atoms with Gasteiger partial charge in [0.05, 0.1) is 12.9 Å². The van der Waals surface area contributed by atoms with Gasteiger partial charge < -0.3 is 4.74 Å². The van der Waals surface area contributed by atoms with Crippen LogP contribution in [0, 0.1) is 0 Å². The quantitative estimate of drug-likeness (QED) is 0.863. The van der Waals surface area contributed by atoms with E-state index in [4.69, 9.17) is 16.3 Å². The minimum Gasteiger partial charge on any atom is -0.496 e. The van der Waals surface area contributed by atoms with E-state index >= 15 is 0 Å². The summed E-state index contributed by atoms with van der Waals surface area (Å²) in [5.74, 6) is 0.796. The van der Waals surface area contributed by atoms with Crippen LogP contribution in [0.4, 0.5) is 0 Å². The molecule has 4 nitrogen and oxygen atoms in total. The van der Waals surface area contributed by atoms with Crippen LogP contribution < -0.4 is 9.46 Å². The van der Waals surface area contributed by atoms with Crippen LogP contribution in [0.15, 0.2) is 18.2 Å². The van der Waals surface area contributed by atoms with Gasteiger partial charge in [0.1, 0.15) is 5.75 Å². The predicted octanol–water partition coefficient (Wildman–Crippen LogP) is 1.83. The second-order valence-electron chi connectivity index (χ2n) is 3.50. The van der Waals surface area contributed by atoms with Gasteiger partial charge in [-0.25, -0.2) is 13.1 Å². The molecule has 1 N–H and O–H groups in total. The van der Waals surface area contributed by atoms with Crippen molar-refractivity contribution in [3.8, 4) is 5.75 Å². The van der Waals surface area contributed by atoms with Gasteiger partial charge in [-0.05, 0) is 37.1 Å². The minimum absolute atomic E-state index is 0.0830. The highest BCUT2D eigenvalue weighted by Gasteiger charge is 2.08. The summed E-state index contributed by atoms with van der Waals surface area (Å²) in [4.78, 5) is 0. The summed E-state index contributed by atoms with van der Waals surface area (Å²) in [6.45, 7) is 1.94. The zero-order valence-electron chi connectivity index (χ0n) is 9.86. The number of benzene rings is 1. The summed E-state index contributed by atoms with van der Waals surface area (Å²) in [6, 6.07) is 5.28. The van der Waals surface area contributed by atoms with Crippen LogP contribution in [-0.2, 0) is 16.4 Å². The second kappa shape index (κ2) is 6.23. The molecule has 0 unspecified atom stereocenters. The second-order valence-corrected chi connectivity index (χ2v) is 6.04. The molecule has 0 spiro atoms. The van der Waals surface area contributed by atoms with Crippen molar-refractivity contribution in [2.75, 3.05) is 19.4 Å². The standard InChI is InChI=1S/C11H16ClNO3S/c1-3-17(14,15)13-7-6-9-8-10(12)4-5-11(9)16-2/h4-5,8,13H,3,6-7H2,1-2H3. The Kier molecular flexibility index (Phi) is 5.24. The van der Waals surface area contributed by atoms with E-state index in [0.717, 1.165) is 5.56 Å². The van der Waals surface area contributed by atoms with Gasteiger partial charge in [-0.1, -0.05) is 11.6 Å². The van der Waals surface area contributed by atoms with Gasteiger partial charge in [0.15, 0.2) is 0 Å². The molecule has 0 saturated heterocycles. The third-order valence-corrected chi connectivity index (χ3v) is 3.98.